The fourth-order valence-corrected chi connectivity index (χ4v) is 1.83. The number of hydrogen-bond acceptors (Lipinski definition) is 2. The number of aromatic amines is 1. The molecule has 2 rings (SSSR count). The third-order valence-corrected chi connectivity index (χ3v) is 2.39. The number of nitrogens with one attached hydrogen (secondary N) is 1. The average molecular weight is 210 g/mol. The van der Waals surface area contributed by atoms with Gasteiger partial charge in [-0.25, -0.2) is 4.98 Å². The van der Waals surface area contributed by atoms with Gasteiger partial charge in [-0.2, -0.15) is 0 Å². The van der Waals surface area contributed by atoms with Crippen molar-refractivity contribution in [1.29, 1.82) is 0 Å². The molecule has 1 aromatic carbocycles. The molecule has 0 amide bonds. The molecule has 0 radical (unpaired) electrons. The van der Waals surface area contributed by atoms with E-state index in [9.17, 15) is 0 Å². The van der Waals surface area contributed by atoms with E-state index in [-0.39, 0.29) is 0 Å². The molecule has 3 N–H and O–H groups in total. The number of nitrogens with two attached hydrogens (primary N) is 1. The molecule has 74 valence electrons. The number of benzene rings is 1. The molecule has 2 aromatic rings. The highest BCUT2D eigenvalue weighted by Gasteiger charge is 2.05. The van der Waals surface area contributed by atoms with E-state index in [1.807, 2.05) is 19.1 Å². The summed E-state index contributed by atoms with van der Waals surface area (Å²) in [5.74, 6) is 0.924. The van der Waals surface area contributed by atoms with Crippen LogP contribution in [0.5, 0.6) is 0 Å². The van der Waals surface area contributed by atoms with Gasteiger partial charge in [-0.3, -0.25) is 0 Å². The van der Waals surface area contributed by atoms with Crippen LogP contribution in [-0.2, 0) is 6.42 Å². The number of nitrogens with zero attached hydrogens (tertiary/aromatic N) is 1. The Labute approximate surface area is 87.3 Å². The van der Waals surface area contributed by atoms with Crippen LogP contribution < -0.4 is 5.73 Å². The molecule has 0 atom stereocenters. The molecule has 0 fully saturated rings. The SMILES string of the molecule is Cc1cc(Cl)cc2[nH]c(CCN)nc12. The highest BCUT2D eigenvalue weighted by molar-refractivity contribution is 6.31. The number of H-pyrrole nitrogens is 1. The van der Waals surface area contributed by atoms with Gasteiger partial charge in [-0.1, -0.05) is 11.6 Å². The molecule has 0 saturated heterocycles. The van der Waals surface area contributed by atoms with Crippen molar-refractivity contribution in [2.75, 3.05) is 6.54 Å². The topological polar surface area (TPSA) is 54.7 Å². The van der Waals surface area contributed by atoms with Crippen LogP contribution in [0, 0.1) is 6.92 Å². The minimum atomic E-state index is 0.604. The Morgan fingerprint density at radius 1 is 1.50 bits per heavy atom. The lowest BCUT2D eigenvalue weighted by molar-refractivity contribution is 0.900. The van der Waals surface area contributed by atoms with E-state index >= 15 is 0 Å². The summed E-state index contributed by atoms with van der Waals surface area (Å²) in [6, 6.07) is 3.80. The van der Waals surface area contributed by atoms with Gasteiger partial charge in [-0.15, -0.1) is 0 Å². The first-order chi connectivity index (χ1) is 6.70. The maximum Gasteiger partial charge on any atom is 0.108 e. The first-order valence-electron chi connectivity index (χ1n) is 4.55. The van der Waals surface area contributed by atoms with Gasteiger partial charge in [0.2, 0.25) is 0 Å². The van der Waals surface area contributed by atoms with Crippen LogP contribution in [-0.4, -0.2) is 16.5 Å². The summed E-state index contributed by atoms with van der Waals surface area (Å²) in [5.41, 5.74) is 8.52. The predicted octanol–water partition coefficient (Wildman–Crippen LogP) is 2.03. The second-order valence-electron chi connectivity index (χ2n) is 3.34. The fourth-order valence-electron chi connectivity index (χ4n) is 1.55. The molecule has 1 heterocycles. The van der Waals surface area contributed by atoms with Gasteiger partial charge in [0, 0.05) is 11.4 Å². The van der Waals surface area contributed by atoms with Crippen molar-refractivity contribution in [2.45, 2.75) is 13.3 Å². The van der Waals surface area contributed by atoms with Crippen molar-refractivity contribution in [3.05, 3.63) is 28.5 Å². The van der Waals surface area contributed by atoms with Crippen molar-refractivity contribution in [2.24, 2.45) is 5.73 Å². The van der Waals surface area contributed by atoms with Gasteiger partial charge in [0.25, 0.3) is 0 Å². The van der Waals surface area contributed by atoms with E-state index in [1.54, 1.807) is 0 Å². The summed E-state index contributed by atoms with van der Waals surface area (Å²) in [4.78, 5) is 7.65. The smallest absolute Gasteiger partial charge is 0.108 e. The van der Waals surface area contributed by atoms with Gasteiger partial charge in [0.05, 0.1) is 11.0 Å². The zero-order valence-corrected chi connectivity index (χ0v) is 8.73. The van der Waals surface area contributed by atoms with Crippen LogP contribution in [0.1, 0.15) is 11.4 Å². The second-order valence-corrected chi connectivity index (χ2v) is 3.78. The monoisotopic (exact) mass is 209 g/mol. The Balaban J connectivity index is 2.58. The van der Waals surface area contributed by atoms with Crippen molar-refractivity contribution >= 4 is 22.6 Å². The van der Waals surface area contributed by atoms with Crippen LogP contribution in [0.25, 0.3) is 11.0 Å². The van der Waals surface area contributed by atoms with Gasteiger partial charge in [-0.05, 0) is 31.2 Å². The zero-order chi connectivity index (χ0) is 10.1. The molecule has 3 nitrogen and oxygen atoms in total. The molecule has 14 heavy (non-hydrogen) atoms. The Morgan fingerprint density at radius 2 is 2.29 bits per heavy atom. The molecular weight excluding hydrogens is 198 g/mol. The molecule has 0 aliphatic rings. The van der Waals surface area contributed by atoms with Crippen LogP contribution in [0.3, 0.4) is 0 Å². The van der Waals surface area contributed by atoms with Crippen molar-refractivity contribution < 1.29 is 0 Å². The molecular formula is C10H12ClN3. The van der Waals surface area contributed by atoms with Crippen LogP contribution in [0.4, 0.5) is 0 Å². The van der Waals surface area contributed by atoms with Crippen molar-refractivity contribution in [3.8, 4) is 0 Å². The largest absolute Gasteiger partial charge is 0.342 e. The molecule has 0 saturated carbocycles. The van der Waals surface area contributed by atoms with Crippen LogP contribution >= 0.6 is 11.6 Å². The summed E-state index contributed by atoms with van der Waals surface area (Å²) >= 11 is 5.94. The summed E-state index contributed by atoms with van der Waals surface area (Å²) < 4.78 is 0. The van der Waals surface area contributed by atoms with Crippen molar-refractivity contribution in [3.63, 3.8) is 0 Å². The predicted molar refractivity (Wildman–Crippen MR) is 58.6 cm³/mol. The van der Waals surface area contributed by atoms with Gasteiger partial charge in [0.1, 0.15) is 5.82 Å². The zero-order valence-electron chi connectivity index (χ0n) is 7.97. The maximum absolute atomic E-state index is 5.94. The fraction of sp³-hybridized carbons (Fsp3) is 0.300. The van der Waals surface area contributed by atoms with Crippen molar-refractivity contribution in [1.82, 2.24) is 9.97 Å². The number of imidazole rings is 1. The Hall–Kier alpha value is -1.06. The lowest BCUT2D eigenvalue weighted by Crippen LogP contribution is -2.03. The van der Waals surface area contributed by atoms with E-state index in [4.69, 9.17) is 17.3 Å². The third kappa shape index (κ3) is 1.61. The molecule has 0 bridgehead atoms. The number of aryl methyl sites for hydroxylation is 1. The number of aromatic nitrogens is 2. The van der Waals surface area contributed by atoms with E-state index in [2.05, 4.69) is 9.97 Å². The van der Waals surface area contributed by atoms with Gasteiger partial charge < -0.3 is 10.7 Å². The van der Waals surface area contributed by atoms with Gasteiger partial charge >= 0.3 is 0 Å². The first kappa shape index (κ1) is 9.49. The number of rotatable bonds is 2. The molecule has 0 aliphatic heterocycles. The first-order valence-corrected chi connectivity index (χ1v) is 4.93. The third-order valence-electron chi connectivity index (χ3n) is 2.17. The number of halogens is 1. The quantitative estimate of drug-likeness (QED) is 0.795. The minimum absolute atomic E-state index is 0.604. The van der Waals surface area contributed by atoms with Crippen LogP contribution in [0.2, 0.25) is 5.02 Å². The van der Waals surface area contributed by atoms with E-state index in [1.165, 1.54) is 0 Å². The lowest BCUT2D eigenvalue weighted by Gasteiger charge is -1.94. The second kappa shape index (κ2) is 3.59. The summed E-state index contributed by atoms with van der Waals surface area (Å²) in [5, 5.41) is 0.734. The number of hydrogen-bond donors (Lipinski definition) is 2. The summed E-state index contributed by atoms with van der Waals surface area (Å²) in [7, 11) is 0. The average Bonchev–Trinajstić information content (AvgIpc) is 2.48. The highest BCUT2D eigenvalue weighted by Crippen LogP contribution is 2.21. The molecule has 1 aromatic heterocycles. The summed E-state index contributed by atoms with van der Waals surface area (Å²) in [6.07, 6.45) is 0.770. The van der Waals surface area contributed by atoms with E-state index in [0.29, 0.717) is 6.54 Å². The molecule has 0 spiro atoms. The summed E-state index contributed by atoms with van der Waals surface area (Å²) in [6.45, 7) is 2.61. The highest BCUT2D eigenvalue weighted by atomic mass is 35.5. The van der Waals surface area contributed by atoms with Gasteiger partial charge in [0.15, 0.2) is 0 Å². The molecule has 4 heteroatoms. The van der Waals surface area contributed by atoms with Crippen LogP contribution in [0.15, 0.2) is 12.1 Å². The Bertz CT molecular complexity index is 462. The normalized spacial score (nSPS) is 11.1. The standard InChI is InChI=1S/C10H12ClN3/c1-6-4-7(11)5-8-10(6)14-9(13-8)2-3-12/h4-5H,2-3,12H2,1H3,(H,13,14). The number of fused-ring (bicyclic) bond motifs is 1. The molecule has 0 unspecified atom stereocenters. The van der Waals surface area contributed by atoms with E-state index in [0.717, 1.165) is 33.9 Å². The Kier molecular flexibility index (Phi) is 2.44. The van der Waals surface area contributed by atoms with E-state index < -0.39 is 0 Å². The maximum atomic E-state index is 5.94. The minimum Gasteiger partial charge on any atom is -0.342 e. The molecule has 0 aliphatic carbocycles. The Morgan fingerprint density at radius 3 is 3.00 bits per heavy atom. The lowest BCUT2D eigenvalue weighted by atomic mass is 10.2.